The van der Waals surface area contributed by atoms with Gasteiger partial charge in [-0.05, 0) is 68.7 Å². The number of morpholine rings is 1. The molecule has 1 aliphatic heterocycles. The Balaban J connectivity index is 1.70. The Hall–Kier alpha value is -3.82. The highest BCUT2D eigenvalue weighted by Crippen LogP contribution is 2.35. The van der Waals surface area contributed by atoms with Crippen molar-refractivity contribution in [3.63, 3.8) is 0 Å². The lowest BCUT2D eigenvalue weighted by Crippen LogP contribution is -2.51. The normalized spacial score (nSPS) is 17.3. The van der Waals surface area contributed by atoms with Gasteiger partial charge in [-0.25, -0.2) is 22.8 Å². The summed E-state index contributed by atoms with van der Waals surface area (Å²) in [7, 11) is 1.53. The van der Waals surface area contributed by atoms with Gasteiger partial charge < -0.3 is 14.4 Å². The van der Waals surface area contributed by atoms with Crippen LogP contribution in [-0.2, 0) is 9.53 Å². The van der Waals surface area contributed by atoms with E-state index in [0.29, 0.717) is 29.2 Å². The van der Waals surface area contributed by atoms with Crippen LogP contribution in [0.25, 0.3) is 11.8 Å². The van der Waals surface area contributed by atoms with Crippen LogP contribution in [0.15, 0.2) is 42.4 Å². The Morgan fingerprint density at radius 2 is 1.89 bits per heavy atom. The van der Waals surface area contributed by atoms with E-state index in [9.17, 15) is 18.0 Å². The van der Waals surface area contributed by atoms with Gasteiger partial charge in [-0.1, -0.05) is 13.0 Å². The minimum Gasteiger partial charge on any atom is -0.494 e. The van der Waals surface area contributed by atoms with Crippen molar-refractivity contribution in [2.45, 2.75) is 45.8 Å². The summed E-state index contributed by atoms with van der Waals surface area (Å²) in [5, 5.41) is 4.30. The van der Waals surface area contributed by atoms with E-state index in [1.54, 1.807) is 49.1 Å². The fourth-order valence-corrected chi connectivity index (χ4v) is 4.33. The lowest BCUT2D eigenvalue weighted by molar-refractivity contribution is -0.149. The number of amides is 1. The van der Waals surface area contributed by atoms with Crippen LogP contribution in [0.1, 0.15) is 50.2 Å². The standard InChI is InChI=1S/C26H27F3N4O3/c1-6-20(17-11-18(27)24(29)19(28)12-17)32-13-26(3,4)36-23(25(32)34)10-16-7-8-21(22(9-16)35-5)33-14-30-15(2)31-33/h7-12,14,20H,6,13H2,1-5H3/b23-10-/t20-/m0/s1. The van der Waals surface area contributed by atoms with Crippen molar-refractivity contribution in [1.82, 2.24) is 19.7 Å². The SMILES string of the molecule is CC[C@@H](c1cc(F)c(F)c(F)c1)N1CC(C)(C)O/C(=C\c2ccc(-n3cnc(C)n3)c(OC)c2)C1=O. The number of nitrogens with zero attached hydrogens (tertiary/aromatic N) is 4. The molecular weight excluding hydrogens is 473 g/mol. The molecule has 0 bridgehead atoms. The molecule has 0 N–H and O–H groups in total. The first-order chi connectivity index (χ1) is 17.0. The van der Waals surface area contributed by atoms with Crippen LogP contribution < -0.4 is 4.74 Å². The van der Waals surface area contributed by atoms with E-state index in [2.05, 4.69) is 10.1 Å². The number of aromatic nitrogens is 3. The average Bonchev–Trinajstić information content (AvgIpc) is 3.26. The lowest BCUT2D eigenvalue weighted by atomic mass is 9.97. The molecule has 0 aliphatic carbocycles. The fraction of sp³-hybridized carbons (Fsp3) is 0.346. The third-order valence-corrected chi connectivity index (χ3v) is 5.92. The minimum atomic E-state index is -1.54. The summed E-state index contributed by atoms with van der Waals surface area (Å²) >= 11 is 0. The first kappa shape index (κ1) is 25.3. The maximum absolute atomic E-state index is 14.0. The van der Waals surface area contributed by atoms with Gasteiger partial charge in [-0.3, -0.25) is 4.79 Å². The molecule has 36 heavy (non-hydrogen) atoms. The average molecular weight is 501 g/mol. The van der Waals surface area contributed by atoms with Gasteiger partial charge in [0.05, 0.1) is 19.7 Å². The van der Waals surface area contributed by atoms with Crippen LogP contribution in [0.4, 0.5) is 13.2 Å². The van der Waals surface area contributed by atoms with Crippen molar-refractivity contribution in [3.8, 4) is 11.4 Å². The Bertz CT molecular complexity index is 1310. The number of ether oxygens (including phenoxy) is 2. The van der Waals surface area contributed by atoms with Crippen molar-refractivity contribution in [3.05, 3.63) is 76.8 Å². The summed E-state index contributed by atoms with van der Waals surface area (Å²) in [6.07, 6.45) is 3.53. The van der Waals surface area contributed by atoms with Gasteiger partial charge >= 0.3 is 0 Å². The van der Waals surface area contributed by atoms with E-state index in [4.69, 9.17) is 9.47 Å². The van der Waals surface area contributed by atoms with Crippen molar-refractivity contribution < 1.29 is 27.4 Å². The lowest BCUT2D eigenvalue weighted by Gasteiger charge is -2.43. The molecule has 2 heterocycles. The molecule has 3 aromatic rings. The topological polar surface area (TPSA) is 69.5 Å². The molecule has 1 saturated heterocycles. The molecule has 2 aromatic carbocycles. The molecule has 1 fully saturated rings. The molecule has 1 atom stereocenters. The van der Waals surface area contributed by atoms with E-state index in [1.165, 1.54) is 12.0 Å². The van der Waals surface area contributed by atoms with Crippen molar-refractivity contribution in [2.75, 3.05) is 13.7 Å². The number of aryl methyl sites for hydroxylation is 1. The van der Waals surface area contributed by atoms with E-state index >= 15 is 0 Å². The van der Waals surface area contributed by atoms with E-state index in [0.717, 1.165) is 12.1 Å². The third kappa shape index (κ3) is 4.93. The van der Waals surface area contributed by atoms with Crippen LogP contribution in [0.5, 0.6) is 5.75 Å². The molecule has 4 rings (SSSR count). The molecule has 10 heteroatoms. The predicted octanol–water partition coefficient (Wildman–Crippen LogP) is 5.13. The summed E-state index contributed by atoms with van der Waals surface area (Å²) in [6, 6.07) is 6.49. The largest absolute Gasteiger partial charge is 0.494 e. The van der Waals surface area contributed by atoms with Crippen LogP contribution in [-0.4, -0.2) is 44.8 Å². The summed E-state index contributed by atoms with van der Waals surface area (Å²) in [5.41, 5.74) is 0.699. The van der Waals surface area contributed by atoms with Crippen LogP contribution >= 0.6 is 0 Å². The number of benzene rings is 2. The van der Waals surface area contributed by atoms with Gasteiger partial charge in [0.15, 0.2) is 23.2 Å². The van der Waals surface area contributed by atoms with Crippen LogP contribution in [0, 0.1) is 24.4 Å². The molecule has 7 nitrogen and oxygen atoms in total. The monoisotopic (exact) mass is 500 g/mol. The van der Waals surface area contributed by atoms with Gasteiger partial charge in [0.2, 0.25) is 0 Å². The number of hydrogen-bond donors (Lipinski definition) is 0. The Labute approximate surface area is 207 Å². The van der Waals surface area contributed by atoms with Gasteiger partial charge in [0, 0.05) is 0 Å². The third-order valence-electron chi connectivity index (χ3n) is 5.92. The van der Waals surface area contributed by atoms with E-state index in [1.807, 2.05) is 13.8 Å². The molecule has 190 valence electrons. The highest BCUT2D eigenvalue weighted by Gasteiger charge is 2.40. The van der Waals surface area contributed by atoms with Gasteiger partial charge in [0.25, 0.3) is 5.91 Å². The smallest absolute Gasteiger partial charge is 0.289 e. The van der Waals surface area contributed by atoms with Crippen molar-refractivity contribution in [2.24, 2.45) is 0 Å². The molecule has 0 spiro atoms. The molecular formula is C26H27F3N4O3. The highest BCUT2D eigenvalue weighted by atomic mass is 19.2. The molecule has 1 aromatic heterocycles. The second-order valence-electron chi connectivity index (χ2n) is 9.19. The summed E-state index contributed by atoms with van der Waals surface area (Å²) in [6.45, 7) is 7.37. The predicted molar refractivity (Wildman–Crippen MR) is 127 cm³/mol. The molecule has 1 aliphatic rings. The van der Waals surface area contributed by atoms with Crippen molar-refractivity contribution >= 4 is 12.0 Å². The maximum atomic E-state index is 14.0. The Kier molecular flexibility index (Phi) is 6.79. The molecule has 0 unspecified atom stereocenters. The first-order valence-corrected chi connectivity index (χ1v) is 11.5. The summed E-state index contributed by atoms with van der Waals surface area (Å²) in [4.78, 5) is 19.1. The quantitative estimate of drug-likeness (QED) is 0.347. The van der Waals surface area contributed by atoms with Gasteiger partial charge in [-0.15, -0.1) is 0 Å². The summed E-state index contributed by atoms with van der Waals surface area (Å²) in [5.74, 6) is -3.39. The number of halogens is 3. The number of carbonyl (C=O) groups is 1. The fourth-order valence-electron chi connectivity index (χ4n) is 4.33. The number of hydrogen-bond acceptors (Lipinski definition) is 5. The second kappa shape index (κ2) is 9.67. The molecule has 1 amide bonds. The maximum Gasteiger partial charge on any atom is 0.289 e. The molecule has 0 radical (unpaired) electrons. The summed E-state index contributed by atoms with van der Waals surface area (Å²) < 4.78 is 54.6. The van der Waals surface area contributed by atoms with Crippen LogP contribution in [0.2, 0.25) is 0 Å². The van der Waals surface area contributed by atoms with Gasteiger partial charge in [-0.2, -0.15) is 5.10 Å². The zero-order valence-corrected chi connectivity index (χ0v) is 20.7. The Morgan fingerprint density at radius 3 is 2.47 bits per heavy atom. The number of rotatable bonds is 6. The zero-order valence-electron chi connectivity index (χ0n) is 20.7. The minimum absolute atomic E-state index is 0.0687. The second-order valence-corrected chi connectivity index (χ2v) is 9.19. The van der Waals surface area contributed by atoms with Crippen LogP contribution in [0.3, 0.4) is 0 Å². The van der Waals surface area contributed by atoms with Gasteiger partial charge in [0.1, 0.15) is 29.2 Å². The van der Waals surface area contributed by atoms with E-state index in [-0.39, 0.29) is 17.9 Å². The Morgan fingerprint density at radius 1 is 1.19 bits per heavy atom. The highest BCUT2D eigenvalue weighted by molar-refractivity contribution is 5.97. The number of methoxy groups -OCH3 is 1. The molecule has 0 saturated carbocycles. The zero-order chi connectivity index (χ0) is 26.2. The van der Waals surface area contributed by atoms with E-state index < -0.39 is 35.0 Å². The first-order valence-electron chi connectivity index (χ1n) is 11.5. The number of carbonyl (C=O) groups excluding carboxylic acids is 1. The van der Waals surface area contributed by atoms with Crippen molar-refractivity contribution in [1.29, 1.82) is 0 Å².